The van der Waals surface area contributed by atoms with E-state index in [0.29, 0.717) is 6.54 Å². The Balaban J connectivity index is 2.24. The smallest absolute Gasteiger partial charge is 0.314 e. The van der Waals surface area contributed by atoms with Gasteiger partial charge < -0.3 is 5.32 Å². The quantitative estimate of drug-likeness (QED) is 0.917. The van der Waals surface area contributed by atoms with Crippen molar-refractivity contribution in [1.82, 2.24) is 10.2 Å². The van der Waals surface area contributed by atoms with Crippen LogP contribution in [-0.2, 0) is 12.7 Å². The van der Waals surface area contributed by atoms with Crippen LogP contribution in [-0.4, -0.2) is 31.1 Å². The fourth-order valence-corrected chi connectivity index (χ4v) is 2.43. The summed E-state index contributed by atoms with van der Waals surface area (Å²) in [5.41, 5.74) is 0.976. The molecule has 20 heavy (non-hydrogen) atoms. The van der Waals surface area contributed by atoms with Crippen molar-refractivity contribution in [2.45, 2.75) is 32.5 Å². The average molecular weight is 286 g/mol. The second-order valence-electron chi connectivity index (χ2n) is 5.64. The molecule has 1 saturated heterocycles. The summed E-state index contributed by atoms with van der Waals surface area (Å²) in [5.74, 6) is 0.0964. The van der Waals surface area contributed by atoms with Crippen molar-refractivity contribution < 1.29 is 13.2 Å². The molecule has 0 atom stereocenters. The summed E-state index contributed by atoms with van der Waals surface area (Å²) < 4.78 is 38.9. The average Bonchev–Trinajstić information content (AvgIpc) is 2.38. The number of hydrogen-bond acceptors (Lipinski definition) is 2. The molecular weight excluding hydrogens is 265 g/mol. The minimum atomic E-state index is -4.27. The SMILES string of the molecule is CC(C)c1cc(CN2CCNCC2)cc(C(F)(F)F)c1. The zero-order valence-corrected chi connectivity index (χ0v) is 11.9. The fraction of sp³-hybridized carbons (Fsp3) is 0.600. The Bertz CT molecular complexity index is 449. The molecule has 1 N–H and O–H groups in total. The van der Waals surface area contributed by atoms with Crippen LogP contribution in [0.2, 0.25) is 0 Å². The number of alkyl halides is 3. The van der Waals surface area contributed by atoms with E-state index in [1.807, 2.05) is 19.9 Å². The first kappa shape index (κ1) is 15.3. The van der Waals surface area contributed by atoms with Gasteiger partial charge in [-0.3, -0.25) is 4.90 Å². The molecule has 2 rings (SSSR count). The van der Waals surface area contributed by atoms with Crippen molar-refractivity contribution in [1.29, 1.82) is 0 Å². The Morgan fingerprint density at radius 1 is 1.15 bits per heavy atom. The molecule has 0 saturated carbocycles. The Kier molecular flexibility index (Phi) is 4.70. The van der Waals surface area contributed by atoms with Crippen LogP contribution in [0.25, 0.3) is 0 Å². The van der Waals surface area contributed by atoms with Crippen LogP contribution >= 0.6 is 0 Å². The van der Waals surface area contributed by atoms with Gasteiger partial charge in [0.15, 0.2) is 0 Å². The topological polar surface area (TPSA) is 15.3 Å². The van der Waals surface area contributed by atoms with E-state index < -0.39 is 11.7 Å². The normalized spacial score (nSPS) is 17.7. The Morgan fingerprint density at radius 3 is 2.35 bits per heavy atom. The van der Waals surface area contributed by atoms with Crippen LogP contribution in [0, 0.1) is 0 Å². The zero-order chi connectivity index (χ0) is 14.8. The third-order valence-corrected chi connectivity index (χ3v) is 3.62. The molecular formula is C15H21F3N2. The van der Waals surface area contributed by atoms with Gasteiger partial charge in [0.05, 0.1) is 5.56 Å². The Hall–Kier alpha value is -1.07. The van der Waals surface area contributed by atoms with Crippen molar-refractivity contribution in [3.8, 4) is 0 Å². The van der Waals surface area contributed by atoms with Crippen LogP contribution in [0.15, 0.2) is 18.2 Å². The van der Waals surface area contributed by atoms with E-state index in [1.54, 1.807) is 0 Å². The summed E-state index contributed by atoms with van der Waals surface area (Å²) in [6.45, 7) is 7.99. The van der Waals surface area contributed by atoms with Crippen LogP contribution in [0.5, 0.6) is 0 Å². The van der Waals surface area contributed by atoms with Crippen molar-refractivity contribution >= 4 is 0 Å². The van der Waals surface area contributed by atoms with Gasteiger partial charge in [0.25, 0.3) is 0 Å². The molecule has 1 fully saturated rings. The molecule has 1 aliphatic heterocycles. The van der Waals surface area contributed by atoms with Gasteiger partial charge in [-0.25, -0.2) is 0 Å². The highest BCUT2D eigenvalue weighted by atomic mass is 19.4. The molecule has 1 heterocycles. The number of hydrogen-bond donors (Lipinski definition) is 1. The second kappa shape index (κ2) is 6.14. The maximum Gasteiger partial charge on any atom is 0.416 e. The third kappa shape index (κ3) is 3.96. The highest BCUT2D eigenvalue weighted by Crippen LogP contribution is 2.32. The number of piperazine rings is 1. The molecule has 0 bridgehead atoms. The van der Waals surface area contributed by atoms with Crippen LogP contribution in [0.1, 0.15) is 36.5 Å². The lowest BCUT2D eigenvalue weighted by atomic mass is 9.97. The van der Waals surface area contributed by atoms with Crippen molar-refractivity contribution in [2.24, 2.45) is 0 Å². The fourth-order valence-electron chi connectivity index (χ4n) is 2.43. The summed E-state index contributed by atoms with van der Waals surface area (Å²) in [6, 6.07) is 4.46. The number of rotatable bonds is 3. The zero-order valence-electron chi connectivity index (χ0n) is 11.9. The molecule has 0 unspecified atom stereocenters. The lowest BCUT2D eigenvalue weighted by Crippen LogP contribution is -2.42. The van der Waals surface area contributed by atoms with Crippen molar-refractivity contribution in [2.75, 3.05) is 26.2 Å². The number of nitrogens with zero attached hydrogens (tertiary/aromatic N) is 1. The van der Waals surface area contributed by atoms with Gasteiger partial charge in [-0.05, 0) is 29.2 Å². The largest absolute Gasteiger partial charge is 0.416 e. The Morgan fingerprint density at radius 2 is 1.80 bits per heavy atom. The predicted octanol–water partition coefficient (Wildman–Crippen LogP) is 3.23. The molecule has 0 aromatic heterocycles. The van der Waals surface area contributed by atoms with Gasteiger partial charge in [0.1, 0.15) is 0 Å². The minimum absolute atomic E-state index is 0.0964. The first-order chi connectivity index (χ1) is 9.36. The molecule has 0 aliphatic carbocycles. The van der Waals surface area contributed by atoms with Gasteiger partial charge in [-0.1, -0.05) is 19.9 Å². The van der Waals surface area contributed by atoms with E-state index >= 15 is 0 Å². The van der Waals surface area contributed by atoms with Gasteiger partial charge in [-0.2, -0.15) is 13.2 Å². The Labute approximate surface area is 118 Å². The summed E-state index contributed by atoms with van der Waals surface area (Å²) in [7, 11) is 0. The lowest BCUT2D eigenvalue weighted by molar-refractivity contribution is -0.137. The minimum Gasteiger partial charge on any atom is -0.314 e. The van der Waals surface area contributed by atoms with Crippen LogP contribution in [0.3, 0.4) is 0 Å². The van der Waals surface area contributed by atoms with E-state index in [4.69, 9.17) is 0 Å². The van der Waals surface area contributed by atoms with E-state index in [1.165, 1.54) is 12.1 Å². The maximum atomic E-state index is 13.0. The van der Waals surface area contributed by atoms with E-state index in [0.717, 1.165) is 37.3 Å². The molecule has 2 nitrogen and oxygen atoms in total. The first-order valence-electron chi connectivity index (χ1n) is 7.00. The van der Waals surface area contributed by atoms with Gasteiger partial charge in [0, 0.05) is 32.7 Å². The molecule has 1 aliphatic rings. The molecule has 5 heteroatoms. The highest BCUT2D eigenvalue weighted by Gasteiger charge is 2.31. The van der Waals surface area contributed by atoms with E-state index in [2.05, 4.69) is 10.2 Å². The van der Waals surface area contributed by atoms with Gasteiger partial charge in [0.2, 0.25) is 0 Å². The van der Waals surface area contributed by atoms with Crippen molar-refractivity contribution in [3.63, 3.8) is 0 Å². The number of nitrogens with one attached hydrogen (secondary N) is 1. The molecule has 0 radical (unpaired) electrons. The third-order valence-electron chi connectivity index (χ3n) is 3.62. The van der Waals surface area contributed by atoms with Crippen LogP contribution in [0.4, 0.5) is 13.2 Å². The van der Waals surface area contributed by atoms with Gasteiger partial charge in [-0.15, -0.1) is 0 Å². The summed E-state index contributed by atoms with van der Waals surface area (Å²) in [6.07, 6.45) is -4.27. The molecule has 112 valence electrons. The molecule has 0 spiro atoms. The van der Waals surface area contributed by atoms with E-state index in [9.17, 15) is 13.2 Å². The monoisotopic (exact) mass is 286 g/mol. The summed E-state index contributed by atoms with van der Waals surface area (Å²) >= 11 is 0. The second-order valence-corrected chi connectivity index (χ2v) is 5.64. The number of benzene rings is 1. The van der Waals surface area contributed by atoms with Crippen LogP contribution < -0.4 is 5.32 Å². The number of halogens is 3. The first-order valence-corrected chi connectivity index (χ1v) is 7.00. The highest BCUT2D eigenvalue weighted by molar-refractivity contribution is 5.33. The molecule has 1 aromatic rings. The summed E-state index contributed by atoms with van der Waals surface area (Å²) in [5, 5.41) is 3.24. The molecule has 1 aromatic carbocycles. The lowest BCUT2D eigenvalue weighted by Gasteiger charge is -2.27. The molecule has 0 amide bonds. The van der Waals surface area contributed by atoms with Gasteiger partial charge >= 0.3 is 6.18 Å². The predicted molar refractivity (Wildman–Crippen MR) is 73.7 cm³/mol. The van der Waals surface area contributed by atoms with E-state index in [-0.39, 0.29) is 5.92 Å². The standard InChI is InChI=1S/C15H21F3N2/c1-11(2)13-7-12(8-14(9-13)15(16,17)18)10-20-5-3-19-4-6-20/h7-9,11,19H,3-6,10H2,1-2H3. The maximum absolute atomic E-state index is 13.0. The summed E-state index contributed by atoms with van der Waals surface area (Å²) in [4.78, 5) is 2.19. The van der Waals surface area contributed by atoms with Crippen molar-refractivity contribution in [3.05, 3.63) is 34.9 Å².